The van der Waals surface area contributed by atoms with Crippen molar-refractivity contribution in [3.63, 3.8) is 0 Å². The smallest absolute Gasteiger partial charge is 0.285 e. The van der Waals surface area contributed by atoms with E-state index in [0.29, 0.717) is 0 Å². The highest BCUT2D eigenvalue weighted by Gasteiger charge is 2.18. The van der Waals surface area contributed by atoms with Gasteiger partial charge in [-0.3, -0.25) is 9.98 Å². The molecule has 0 amide bonds. The van der Waals surface area contributed by atoms with Crippen molar-refractivity contribution in [2.45, 2.75) is 12.3 Å². The van der Waals surface area contributed by atoms with Crippen molar-refractivity contribution >= 4 is 27.7 Å². The average molecular weight is 240 g/mol. The third kappa shape index (κ3) is 3.05. The van der Waals surface area contributed by atoms with E-state index in [1.165, 1.54) is 13.0 Å². The van der Waals surface area contributed by atoms with Crippen LogP contribution in [0.1, 0.15) is 6.92 Å². The Balaban J connectivity index is 2.66. The fourth-order valence-electron chi connectivity index (χ4n) is 0.656. The summed E-state index contributed by atoms with van der Waals surface area (Å²) in [5.74, 6) is 0.170. The molecule has 9 heteroatoms. The summed E-state index contributed by atoms with van der Waals surface area (Å²) in [7, 11) is -4.14. The number of nitrogens with zero attached hydrogens (tertiary/aromatic N) is 2. The van der Waals surface area contributed by atoms with Crippen molar-refractivity contribution in [1.29, 1.82) is 0 Å². The van der Waals surface area contributed by atoms with Crippen molar-refractivity contribution in [2.75, 3.05) is 0 Å². The van der Waals surface area contributed by atoms with Crippen LogP contribution in [0.4, 0.5) is 0 Å². The highest BCUT2D eigenvalue weighted by atomic mass is 35.5. The summed E-state index contributed by atoms with van der Waals surface area (Å²) >= 11 is 5.41. The molecule has 1 radical (unpaired) electrons. The molecular formula is C5H8ClN4O3S. The van der Waals surface area contributed by atoms with Crippen LogP contribution in [0.15, 0.2) is 11.2 Å². The van der Waals surface area contributed by atoms with Crippen LogP contribution in [0.3, 0.4) is 0 Å². The van der Waals surface area contributed by atoms with Crippen LogP contribution in [-0.4, -0.2) is 28.8 Å². The maximum Gasteiger partial charge on any atom is 0.285 e. The molecule has 1 aliphatic rings. The maximum atomic E-state index is 10.6. The van der Waals surface area contributed by atoms with E-state index < -0.39 is 15.5 Å². The number of hydrogen-bond acceptors (Lipinski definition) is 6. The molecule has 1 rings (SSSR count). The third-order valence-electron chi connectivity index (χ3n) is 1.36. The van der Waals surface area contributed by atoms with Gasteiger partial charge in [0.25, 0.3) is 10.1 Å². The van der Waals surface area contributed by atoms with Crippen LogP contribution in [0, 0.1) is 6.20 Å². The highest BCUT2D eigenvalue weighted by molar-refractivity contribution is 7.86. The van der Waals surface area contributed by atoms with E-state index in [4.69, 9.17) is 16.3 Å². The minimum atomic E-state index is -4.14. The van der Waals surface area contributed by atoms with Gasteiger partial charge in [0.05, 0.1) is 18.0 Å². The van der Waals surface area contributed by atoms with Crippen LogP contribution in [0.25, 0.3) is 0 Å². The van der Waals surface area contributed by atoms with Crippen molar-refractivity contribution < 1.29 is 13.0 Å². The molecule has 1 aliphatic heterocycles. The molecule has 0 aromatic carbocycles. The van der Waals surface area contributed by atoms with Gasteiger partial charge in [0.15, 0.2) is 11.2 Å². The average Bonchev–Trinajstić information content (AvgIpc) is 2.02. The van der Waals surface area contributed by atoms with Crippen LogP contribution >= 0.6 is 11.8 Å². The van der Waals surface area contributed by atoms with Gasteiger partial charge in [-0.25, -0.2) is 0 Å². The molecule has 0 aromatic rings. The molecule has 0 bridgehead atoms. The van der Waals surface area contributed by atoms with Gasteiger partial charge in [-0.05, 0) is 6.92 Å². The summed E-state index contributed by atoms with van der Waals surface area (Å²) in [5.41, 5.74) is 2.38. The van der Waals surface area contributed by atoms with E-state index in [-0.39, 0.29) is 5.84 Å². The predicted octanol–water partition coefficient (Wildman–Crippen LogP) is -0.586. The minimum absolute atomic E-state index is 0.170. The van der Waals surface area contributed by atoms with Crippen molar-refractivity contribution in [1.82, 2.24) is 15.4 Å². The largest absolute Gasteiger partial charge is 0.350 e. The zero-order valence-corrected chi connectivity index (χ0v) is 8.67. The topological polar surface area (TPSA) is 94.0 Å². The first-order chi connectivity index (χ1) is 6.39. The van der Waals surface area contributed by atoms with Gasteiger partial charge in [0.2, 0.25) is 0 Å². The van der Waals surface area contributed by atoms with Gasteiger partial charge in [-0.1, -0.05) is 0 Å². The van der Waals surface area contributed by atoms with E-state index in [1.807, 2.05) is 0 Å². The minimum Gasteiger partial charge on any atom is -0.350 e. The van der Waals surface area contributed by atoms with Gasteiger partial charge >= 0.3 is 0 Å². The predicted molar refractivity (Wildman–Crippen MR) is 50.2 cm³/mol. The summed E-state index contributed by atoms with van der Waals surface area (Å²) in [6.45, 7) is 1.27. The molecule has 0 saturated heterocycles. The SMILES string of the molecule is CC(NC1=NN(Cl)N[C]=C1)S(=O)(=O)O. The van der Waals surface area contributed by atoms with E-state index in [0.717, 1.165) is 4.64 Å². The summed E-state index contributed by atoms with van der Waals surface area (Å²) in [5, 5.41) is 4.89. The molecule has 7 nitrogen and oxygen atoms in total. The van der Waals surface area contributed by atoms with Gasteiger partial charge in [0.1, 0.15) is 0 Å². The molecule has 0 aliphatic carbocycles. The lowest BCUT2D eigenvalue weighted by Gasteiger charge is -2.17. The lowest BCUT2D eigenvalue weighted by atomic mass is 10.5. The molecule has 14 heavy (non-hydrogen) atoms. The number of hydrazone groups is 1. The van der Waals surface area contributed by atoms with Crippen molar-refractivity contribution in [2.24, 2.45) is 5.10 Å². The molecule has 0 saturated carbocycles. The number of hydrogen-bond donors (Lipinski definition) is 3. The number of hydrazine groups is 1. The van der Waals surface area contributed by atoms with Crippen LogP contribution in [0.2, 0.25) is 0 Å². The number of amidine groups is 1. The van der Waals surface area contributed by atoms with E-state index in [2.05, 4.69) is 22.0 Å². The molecule has 79 valence electrons. The van der Waals surface area contributed by atoms with Gasteiger partial charge in [-0.2, -0.15) is 8.42 Å². The van der Waals surface area contributed by atoms with Crippen molar-refractivity contribution in [3.05, 3.63) is 12.3 Å². The van der Waals surface area contributed by atoms with Gasteiger partial charge < -0.3 is 5.32 Å². The number of nitrogens with one attached hydrogen (secondary N) is 2. The first kappa shape index (κ1) is 11.1. The zero-order chi connectivity index (χ0) is 10.8. The molecule has 0 aromatic heterocycles. The Labute approximate surface area is 86.2 Å². The second-order valence-corrected chi connectivity index (χ2v) is 4.50. The normalized spacial score (nSPS) is 18.5. The lowest BCUT2D eigenvalue weighted by molar-refractivity contribution is 0.397. The summed E-state index contributed by atoms with van der Waals surface area (Å²) in [4.78, 5) is 0. The standard InChI is InChI=1S/C5H8ClN4O3S/c1-4(14(11,12)13)8-5-2-3-7-10(6)9-5/h2,4,7H,1H3,(H,8,9)(H,11,12,13). The fraction of sp³-hybridized carbons (Fsp3) is 0.400. The number of halogens is 1. The summed E-state index contributed by atoms with van der Waals surface area (Å²) < 4.78 is 30.7. The van der Waals surface area contributed by atoms with Crippen LogP contribution < -0.4 is 10.7 Å². The quantitative estimate of drug-likeness (QED) is 0.441. The van der Waals surface area contributed by atoms with Gasteiger partial charge in [0, 0.05) is 6.08 Å². The van der Waals surface area contributed by atoms with Gasteiger partial charge in [-0.15, -0.1) is 9.74 Å². The summed E-state index contributed by atoms with van der Waals surface area (Å²) in [6.07, 6.45) is 3.84. The Morgan fingerprint density at radius 1 is 1.86 bits per heavy atom. The lowest BCUT2D eigenvalue weighted by Crippen LogP contribution is -2.40. The Hall–Kier alpha value is -0.990. The Kier molecular flexibility index (Phi) is 3.19. The molecular weight excluding hydrogens is 232 g/mol. The van der Waals surface area contributed by atoms with Crippen LogP contribution in [-0.2, 0) is 10.1 Å². The second kappa shape index (κ2) is 4.03. The fourth-order valence-corrected chi connectivity index (χ4v) is 1.06. The highest BCUT2D eigenvalue weighted by Crippen LogP contribution is 1.99. The third-order valence-corrected chi connectivity index (χ3v) is 2.53. The second-order valence-electron chi connectivity index (χ2n) is 2.45. The Morgan fingerprint density at radius 2 is 2.50 bits per heavy atom. The molecule has 0 spiro atoms. The molecule has 1 atom stereocenters. The number of rotatable bonds is 2. The molecule has 1 unspecified atom stereocenters. The molecule has 3 N–H and O–H groups in total. The Bertz CT molecular complexity index is 365. The van der Waals surface area contributed by atoms with Crippen LogP contribution in [0.5, 0.6) is 0 Å². The first-order valence-corrected chi connectivity index (χ1v) is 5.35. The maximum absolute atomic E-state index is 10.6. The molecule has 0 fully saturated rings. The van der Waals surface area contributed by atoms with E-state index >= 15 is 0 Å². The monoisotopic (exact) mass is 239 g/mol. The Morgan fingerprint density at radius 3 is 3.00 bits per heavy atom. The first-order valence-electron chi connectivity index (χ1n) is 3.51. The molecule has 1 heterocycles. The van der Waals surface area contributed by atoms with Crippen molar-refractivity contribution in [3.8, 4) is 0 Å². The summed E-state index contributed by atoms with van der Waals surface area (Å²) in [6, 6.07) is 0. The van der Waals surface area contributed by atoms with E-state index in [1.54, 1.807) is 0 Å². The zero-order valence-electron chi connectivity index (χ0n) is 7.10. The van der Waals surface area contributed by atoms with E-state index in [9.17, 15) is 8.42 Å².